The van der Waals surface area contributed by atoms with Crippen LogP contribution in [0.1, 0.15) is 22.8 Å². The molecule has 2 aliphatic rings. The molecule has 0 saturated carbocycles. The van der Waals surface area contributed by atoms with Crippen LogP contribution in [0.4, 0.5) is 0 Å². The second kappa shape index (κ2) is 5.63. The fourth-order valence-electron chi connectivity index (χ4n) is 3.14. The van der Waals surface area contributed by atoms with Crippen LogP contribution in [0.5, 0.6) is 0 Å². The molecule has 4 radical (unpaired) electrons. The molecule has 0 atom stereocenters. The molecule has 118 valence electrons. The summed E-state index contributed by atoms with van der Waals surface area (Å²) in [7, 11) is 12.3. The Balaban J connectivity index is 1.89. The maximum Gasteiger partial charge on any atom is 0.116 e. The fourth-order valence-corrected chi connectivity index (χ4v) is 3.14. The van der Waals surface area contributed by atoms with Crippen molar-refractivity contribution in [2.75, 3.05) is 0 Å². The molecule has 4 nitrogen and oxygen atoms in total. The number of rotatable bonds is 0. The van der Waals surface area contributed by atoms with Gasteiger partial charge in [0.1, 0.15) is 15.7 Å². The normalized spacial score (nSPS) is 12.6. The predicted molar refractivity (Wildman–Crippen MR) is 110 cm³/mol. The molecule has 6 heteroatoms. The van der Waals surface area contributed by atoms with Crippen molar-refractivity contribution in [3.05, 3.63) is 59.2 Å². The van der Waals surface area contributed by atoms with Gasteiger partial charge in [0.05, 0.1) is 22.8 Å². The van der Waals surface area contributed by atoms with Crippen molar-refractivity contribution in [1.29, 1.82) is 0 Å². The van der Waals surface area contributed by atoms with Crippen LogP contribution >= 0.6 is 0 Å². The van der Waals surface area contributed by atoms with E-state index in [1.54, 1.807) is 0 Å². The second-order valence-electron chi connectivity index (χ2n) is 6.35. The van der Waals surface area contributed by atoms with Gasteiger partial charge in [-0.3, -0.25) is 0 Å². The van der Waals surface area contributed by atoms with Gasteiger partial charge in [-0.1, -0.05) is 10.9 Å². The molecule has 0 spiro atoms. The van der Waals surface area contributed by atoms with Crippen LogP contribution in [0.25, 0.3) is 46.4 Å². The van der Waals surface area contributed by atoms with Gasteiger partial charge in [0.15, 0.2) is 0 Å². The Hall–Kier alpha value is -3.27. The minimum Gasteiger partial charge on any atom is -0.356 e. The first kappa shape index (κ1) is 15.0. The van der Waals surface area contributed by atoms with Crippen LogP contribution in [-0.4, -0.2) is 35.6 Å². The molecule has 0 aliphatic carbocycles. The van der Waals surface area contributed by atoms with Crippen LogP contribution in [0.2, 0.25) is 0 Å². The lowest BCUT2D eigenvalue weighted by molar-refractivity contribution is 1.28. The molecule has 2 N–H and O–H groups in total. The Labute approximate surface area is 152 Å². The number of fused-ring (bicyclic) bond motifs is 8. The van der Waals surface area contributed by atoms with Crippen LogP contribution in [0.3, 0.4) is 0 Å². The number of hydrogen-bond acceptors (Lipinski definition) is 2. The molecule has 5 rings (SSSR count). The number of H-pyrrole nitrogens is 2. The van der Waals surface area contributed by atoms with E-state index in [0.717, 1.165) is 44.8 Å². The first-order valence-corrected chi connectivity index (χ1v) is 8.26. The van der Waals surface area contributed by atoms with Crippen molar-refractivity contribution >= 4 is 73.0 Å². The van der Waals surface area contributed by atoms with Gasteiger partial charge in [0.2, 0.25) is 0 Å². The highest BCUT2D eigenvalue weighted by molar-refractivity contribution is 6.39. The number of aromatic amines is 2. The zero-order valence-corrected chi connectivity index (χ0v) is 13.8. The molecule has 0 unspecified atom stereocenters. The van der Waals surface area contributed by atoms with Gasteiger partial charge >= 0.3 is 0 Å². The Bertz CT molecular complexity index is 1170. The lowest BCUT2D eigenvalue weighted by Crippen LogP contribution is -2.00. The van der Waals surface area contributed by atoms with Crippen molar-refractivity contribution in [2.24, 2.45) is 0 Å². The fraction of sp³-hybridized carbons (Fsp3) is 0. The van der Waals surface area contributed by atoms with E-state index in [0.29, 0.717) is 10.9 Å². The number of aromatic nitrogens is 4. The maximum atomic E-state index is 6.15. The molecule has 0 fully saturated rings. The predicted octanol–water partition coefficient (Wildman–Crippen LogP) is 2.24. The third-order valence-electron chi connectivity index (χ3n) is 4.36. The van der Waals surface area contributed by atoms with E-state index in [4.69, 9.17) is 15.7 Å². The summed E-state index contributed by atoms with van der Waals surface area (Å²) in [4.78, 5) is 15.8. The number of hydrogen-bond donors (Lipinski definition) is 2. The van der Waals surface area contributed by atoms with Crippen molar-refractivity contribution in [2.45, 2.75) is 0 Å². The quantitative estimate of drug-likeness (QED) is 0.428. The summed E-state index contributed by atoms with van der Waals surface area (Å²) in [5, 5.41) is 0. The van der Waals surface area contributed by atoms with E-state index in [1.165, 1.54) is 0 Å². The van der Waals surface area contributed by atoms with Crippen molar-refractivity contribution in [3.63, 3.8) is 0 Å². The molecular weight excluding hydrogens is 318 g/mol. The Morgan fingerprint density at radius 3 is 1.42 bits per heavy atom. The van der Waals surface area contributed by atoms with Gasteiger partial charge in [-0.15, -0.1) is 0 Å². The molecule has 3 aromatic heterocycles. The highest BCUT2D eigenvalue weighted by Gasteiger charge is 2.03. The smallest absolute Gasteiger partial charge is 0.116 e. The summed E-state index contributed by atoms with van der Waals surface area (Å²) in [5.41, 5.74) is 8.13. The number of nitrogens with one attached hydrogen (secondary N) is 2. The van der Waals surface area contributed by atoms with E-state index < -0.39 is 0 Å². The summed E-state index contributed by atoms with van der Waals surface area (Å²) in [6, 6.07) is 11.6. The van der Waals surface area contributed by atoms with Gasteiger partial charge in [-0.25, -0.2) is 9.97 Å². The van der Waals surface area contributed by atoms with Gasteiger partial charge in [-0.05, 0) is 60.7 Å². The maximum absolute atomic E-state index is 6.15. The first-order valence-electron chi connectivity index (χ1n) is 8.26. The van der Waals surface area contributed by atoms with Gasteiger partial charge in [0, 0.05) is 22.1 Å². The largest absolute Gasteiger partial charge is 0.356 e. The van der Waals surface area contributed by atoms with E-state index in [9.17, 15) is 0 Å². The lowest BCUT2D eigenvalue weighted by atomic mass is 9.95. The zero-order chi connectivity index (χ0) is 17.7. The average molecular weight is 330 g/mol. The van der Waals surface area contributed by atoms with Crippen molar-refractivity contribution in [1.82, 2.24) is 19.9 Å². The Morgan fingerprint density at radius 2 is 0.962 bits per heavy atom. The topological polar surface area (TPSA) is 57.4 Å². The van der Waals surface area contributed by atoms with Crippen LogP contribution < -0.4 is 10.9 Å². The van der Waals surface area contributed by atoms with Gasteiger partial charge in [-0.2, -0.15) is 0 Å². The van der Waals surface area contributed by atoms with E-state index in [-0.39, 0.29) is 0 Å². The van der Waals surface area contributed by atoms with Crippen molar-refractivity contribution < 1.29 is 0 Å². The van der Waals surface area contributed by atoms with Crippen LogP contribution in [0, 0.1) is 0 Å². The summed E-state index contributed by atoms with van der Waals surface area (Å²) < 4.78 is 0. The average Bonchev–Trinajstić information content (AvgIpc) is 3.34. The highest BCUT2D eigenvalue weighted by atomic mass is 14.8. The summed E-state index contributed by atoms with van der Waals surface area (Å²) in [6.07, 6.45) is 7.88. The lowest BCUT2D eigenvalue weighted by Gasteiger charge is -1.88. The van der Waals surface area contributed by atoms with E-state index >= 15 is 0 Å². The molecule has 8 bridgehead atoms. The third-order valence-corrected chi connectivity index (χ3v) is 4.36. The molecule has 26 heavy (non-hydrogen) atoms. The SMILES string of the molecule is [B]c1cc2cc3nc(cc4nc(cc5cc([B])c(cc1[nH]2)[nH]5)C=C4)C=C3. The monoisotopic (exact) mass is 330 g/mol. The molecule has 5 heterocycles. The summed E-state index contributed by atoms with van der Waals surface area (Å²) in [6.45, 7) is 0. The minimum absolute atomic E-state index is 0.653. The van der Waals surface area contributed by atoms with Crippen LogP contribution in [-0.2, 0) is 0 Å². The molecule has 2 aliphatic heterocycles. The zero-order valence-electron chi connectivity index (χ0n) is 13.8. The second-order valence-corrected chi connectivity index (χ2v) is 6.35. The summed E-state index contributed by atoms with van der Waals surface area (Å²) >= 11 is 0. The minimum atomic E-state index is 0.653. The van der Waals surface area contributed by atoms with Gasteiger partial charge < -0.3 is 9.97 Å². The molecular formula is C20H12B2N4. The molecule has 0 aromatic carbocycles. The molecule has 0 saturated heterocycles. The third kappa shape index (κ3) is 2.69. The van der Waals surface area contributed by atoms with Crippen LogP contribution in [0.15, 0.2) is 36.4 Å². The highest BCUT2D eigenvalue weighted by Crippen LogP contribution is 2.16. The number of nitrogens with zero attached hydrogens (tertiary/aromatic N) is 2. The first-order chi connectivity index (χ1) is 12.6. The molecule has 0 amide bonds. The summed E-state index contributed by atoms with van der Waals surface area (Å²) in [5.74, 6) is 0. The Kier molecular flexibility index (Phi) is 3.25. The van der Waals surface area contributed by atoms with E-state index in [1.807, 2.05) is 60.7 Å². The Morgan fingerprint density at radius 1 is 0.538 bits per heavy atom. The molecule has 3 aromatic rings. The van der Waals surface area contributed by atoms with E-state index in [2.05, 4.69) is 19.9 Å². The van der Waals surface area contributed by atoms with Crippen molar-refractivity contribution in [3.8, 4) is 0 Å². The van der Waals surface area contributed by atoms with Gasteiger partial charge in [0.25, 0.3) is 0 Å². The standard InChI is InChI=1S/C20H12B2N4/c21-17-8-15-6-13-3-1-11(23-13)5-12-2-4-14(24-12)7-16-9-18(22)20(26-16)10-19(17)25-15/h1-10,25-26H.